The normalized spacial score (nSPS) is 11.2. The molecular formula is C30H27N. The molecule has 0 spiro atoms. The van der Waals surface area contributed by atoms with Crippen LogP contribution in [0.25, 0.3) is 5.57 Å². The number of aryl methyl sites for hydroxylation is 2. The second-order valence-corrected chi connectivity index (χ2v) is 7.74. The molecule has 152 valence electrons. The first kappa shape index (κ1) is 20.4. The Hall–Kier alpha value is -3.84. The highest BCUT2D eigenvalue weighted by Gasteiger charge is 2.13. The van der Waals surface area contributed by atoms with E-state index in [0.717, 1.165) is 17.1 Å². The molecule has 4 rings (SSSR count). The van der Waals surface area contributed by atoms with Crippen LogP contribution >= 0.6 is 0 Å². The summed E-state index contributed by atoms with van der Waals surface area (Å²) in [6.45, 7) is 8.14. The van der Waals surface area contributed by atoms with E-state index in [1.165, 1.54) is 27.8 Å². The molecule has 0 unspecified atom stereocenters. The van der Waals surface area contributed by atoms with Crippen LogP contribution in [0.4, 0.5) is 17.1 Å². The maximum atomic E-state index is 3.91. The van der Waals surface area contributed by atoms with Crippen LogP contribution in [0.2, 0.25) is 0 Å². The lowest BCUT2D eigenvalue weighted by atomic mass is 9.97. The van der Waals surface area contributed by atoms with Gasteiger partial charge in [0, 0.05) is 17.1 Å². The van der Waals surface area contributed by atoms with E-state index >= 15 is 0 Å². The van der Waals surface area contributed by atoms with Crippen molar-refractivity contribution < 1.29 is 0 Å². The van der Waals surface area contributed by atoms with Gasteiger partial charge in [-0.25, -0.2) is 0 Å². The van der Waals surface area contributed by atoms with Gasteiger partial charge in [0.1, 0.15) is 0 Å². The minimum atomic E-state index is 1.13. The van der Waals surface area contributed by atoms with Gasteiger partial charge in [0.15, 0.2) is 0 Å². The highest BCUT2D eigenvalue weighted by molar-refractivity contribution is 5.83. The van der Waals surface area contributed by atoms with Crippen LogP contribution in [0.15, 0.2) is 122 Å². The van der Waals surface area contributed by atoms with Crippen molar-refractivity contribution >= 4 is 22.6 Å². The number of hydrogen-bond donors (Lipinski definition) is 0. The van der Waals surface area contributed by atoms with Gasteiger partial charge in [-0.1, -0.05) is 96.6 Å². The summed E-state index contributed by atoms with van der Waals surface area (Å²) in [6, 6.07) is 36.5. The van der Waals surface area contributed by atoms with Crippen molar-refractivity contribution in [3.63, 3.8) is 0 Å². The van der Waals surface area contributed by atoms with Crippen LogP contribution in [0, 0.1) is 13.8 Å². The zero-order valence-electron chi connectivity index (χ0n) is 18.1. The monoisotopic (exact) mass is 401 g/mol. The van der Waals surface area contributed by atoms with Crippen LogP contribution in [-0.4, -0.2) is 0 Å². The highest BCUT2D eigenvalue weighted by Crippen LogP contribution is 2.35. The summed E-state index contributed by atoms with van der Waals surface area (Å²) in [5, 5.41) is 0. The molecule has 1 heteroatoms. The summed E-state index contributed by atoms with van der Waals surface area (Å²) < 4.78 is 0. The fraction of sp³-hybridized carbons (Fsp3) is 0.0667. The van der Waals surface area contributed by atoms with Crippen molar-refractivity contribution in [3.8, 4) is 0 Å². The van der Waals surface area contributed by atoms with E-state index in [-0.39, 0.29) is 0 Å². The van der Waals surface area contributed by atoms with Gasteiger partial charge in [-0.05, 0) is 66.9 Å². The SMILES string of the molecule is C=CC=C(c1ccccc1)c1ccc(N(c2ccc(C)cc2)c2ccc(C)cc2)cc1. The van der Waals surface area contributed by atoms with Crippen LogP contribution < -0.4 is 4.90 Å². The molecule has 1 nitrogen and oxygen atoms in total. The highest BCUT2D eigenvalue weighted by atomic mass is 15.1. The molecule has 0 aromatic heterocycles. The van der Waals surface area contributed by atoms with Gasteiger partial charge in [0.2, 0.25) is 0 Å². The third-order valence-electron chi connectivity index (χ3n) is 5.39. The van der Waals surface area contributed by atoms with Crippen molar-refractivity contribution in [1.82, 2.24) is 0 Å². The molecule has 0 amide bonds. The maximum absolute atomic E-state index is 3.91. The average molecular weight is 402 g/mol. The first-order chi connectivity index (χ1) is 15.2. The van der Waals surface area contributed by atoms with E-state index in [1.54, 1.807) is 0 Å². The molecule has 0 heterocycles. The summed E-state index contributed by atoms with van der Waals surface area (Å²) in [6.07, 6.45) is 3.92. The number of allylic oxidation sites excluding steroid dienone is 2. The van der Waals surface area contributed by atoms with Crippen LogP contribution in [-0.2, 0) is 0 Å². The van der Waals surface area contributed by atoms with E-state index < -0.39 is 0 Å². The topological polar surface area (TPSA) is 3.24 Å². The van der Waals surface area contributed by atoms with Gasteiger partial charge < -0.3 is 4.90 Å². The first-order valence-corrected chi connectivity index (χ1v) is 10.6. The summed E-state index contributed by atoms with van der Waals surface area (Å²) in [7, 11) is 0. The molecule has 0 radical (unpaired) electrons. The van der Waals surface area contributed by atoms with E-state index in [1.807, 2.05) is 12.1 Å². The second kappa shape index (κ2) is 9.32. The Balaban J connectivity index is 1.76. The molecule has 0 aliphatic heterocycles. The molecule has 0 fully saturated rings. The van der Waals surface area contributed by atoms with Gasteiger partial charge in [-0.15, -0.1) is 0 Å². The van der Waals surface area contributed by atoms with Gasteiger partial charge in [0.25, 0.3) is 0 Å². The van der Waals surface area contributed by atoms with Gasteiger partial charge in [-0.3, -0.25) is 0 Å². The number of benzene rings is 4. The van der Waals surface area contributed by atoms with E-state index in [9.17, 15) is 0 Å². The molecule has 0 atom stereocenters. The fourth-order valence-electron chi connectivity index (χ4n) is 3.72. The van der Waals surface area contributed by atoms with E-state index in [0.29, 0.717) is 0 Å². The lowest BCUT2D eigenvalue weighted by Gasteiger charge is -2.26. The van der Waals surface area contributed by atoms with Crippen molar-refractivity contribution in [2.45, 2.75) is 13.8 Å². The lowest BCUT2D eigenvalue weighted by molar-refractivity contribution is 1.27. The zero-order valence-corrected chi connectivity index (χ0v) is 18.1. The zero-order chi connectivity index (χ0) is 21.6. The summed E-state index contributed by atoms with van der Waals surface area (Å²) in [4.78, 5) is 2.29. The largest absolute Gasteiger partial charge is 0.311 e. The third-order valence-corrected chi connectivity index (χ3v) is 5.39. The van der Waals surface area contributed by atoms with Crippen molar-refractivity contribution in [3.05, 3.63) is 144 Å². The number of nitrogens with zero attached hydrogens (tertiary/aromatic N) is 1. The molecule has 4 aromatic carbocycles. The molecule has 31 heavy (non-hydrogen) atoms. The van der Waals surface area contributed by atoms with E-state index in [2.05, 4.69) is 128 Å². The van der Waals surface area contributed by atoms with Crippen molar-refractivity contribution in [1.29, 1.82) is 0 Å². The van der Waals surface area contributed by atoms with Crippen LogP contribution in [0.1, 0.15) is 22.3 Å². The molecule has 0 aliphatic rings. The number of hydrogen-bond acceptors (Lipinski definition) is 1. The van der Waals surface area contributed by atoms with Crippen LogP contribution in [0.3, 0.4) is 0 Å². The van der Waals surface area contributed by atoms with Gasteiger partial charge in [-0.2, -0.15) is 0 Å². The number of rotatable bonds is 6. The Morgan fingerprint density at radius 1 is 0.581 bits per heavy atom. The molecule has 0 bridgehead atoms. The molecule has 0 saturated carbocycles. The molecule has 4 aromatic rings. The van der Waals surface area contributed by atoms with Crippen LogP contribution in [0.5, 0.6) is 0 Å². The number of anilines is 3. The molecule has 0 N–H and O–H groups in total. The van der Waals surface area contributed by atoms with E-state index in [4.69, 9.17) is 0 Å². The Kier molecular flexibility index (Phi) is 6.14. The Morgan fingerprint density at radius 3 is 1.45 bits per heavy atom. The van der Waals surface area contributed by atoms with Gasteiger partial charge in [0.05, 0.1) is 0 Å². The minimum absolute atomic E-state index is 1.13. The Morgan fingerprint density at radius 2 is 1.00 bits per heavy atom. The lowest BCUT2D eigenvalue weighted by Crippen LogP contribution is -2.10. The predicted molar refractivity (Wildman–Crippen MR) is 134 cm³/mol. The van der Waals surface area contributed by atoms with Gasteiger partial charge >= 0.3 is 0 Å². The van der Waals surface area contributed by atoms with Crippen molar-refractivity contribution in [2.75, 3.05) is 4.90 Å². The predicted octanol–water partition coefficient (Wildman–Crippen LogP) is 8.39. The molecule has 0 saturated heterocycles. The Labute approximate surface area is 185 Å². The fourth-order valence-corrected chi connectivity index (χ4v) is 3.72. The summed E-state index contributed by atoms with van der Waals surface area (Å²) in [5.41, 5.74) is 9.45. The summed E-state index contributed by atoms with van der Waals surface area (Å²) >= 11 is 0. The Bertz CT molecular complexity index is 1120. The molecule has 0 aliphatic carbocycles. The smallest absolute Gasteiger partial charge is 0.0462 e. The maximum Gasteiger partial charge on any atom is 0.0462 e. The average Bonchev–Trinajstić information content (AvgIpc) is 2.81. The summed E-state index contributed by atoms with van der Waals surface area (Å²) in [5.74, 6) is 0. The first-order valence-electron chi connectivity index (χ1n) is 10.6. The minimum Gasteiger partial charge on any atom is -0.311 e. The third kappa shape index (κ3) is 4.67. The standard InChI is InChI=1S/C30H27N/c1-4-8-30(25-9-6-5-7-10-25)26-15-21-29(22-16-26)31(27-17-11-23(2)12-18-27)28-19-13-24(3)14-20-28/h4-22H,1H2,2-3H3. The molecular weight excluding hydrogens is 374 g/mol. The second-order valence-electron chi connectivity index (χ2n) is 7.74. The quantitative estimate of drug-likeness (QED) is 0.293. The van der Waals surface area contributed by atoms with Crippen molar-refractivity contribution in [2.24, 2.45) is 0 Å².